The van der Waals surface area contributed by atoms with Gasteiger partial charge in [0.15, 0.2) is 0 Å². The lowest BCUT2D eigenvalue weighted by Crippen LogP contribution is -2.22. The quantitative estimate of drug-likeness (QED) is 0.285. The number of nitrogens with one attached hydrogen (secondary N) is 1. The van der Waals surface area contributed by atoms with Gasteiger partial charge in [0, 0.05) is 25.0 Å². The number of rotatable bonds is 10. The minimum atomic E-state index is -0.111. The molecule has 1 amide bonds. The molecule has 0 unspecified atom stereocenters. The Kier molecular flexibility index (Phi) is 8.63. The van der Waals surface area contributed by atoms with Gasteiger partial charge in [0.25, 0.3) is 0 Å². The Morgan fingerprint density at radius 1 is 0.875 bits per heavy atom. The minimum Gasteiger partial charge on any atom is -0.497 e. The van der Waals surface area contributed by atoms with Gasteiger partial charge in [-0.3, -0.25) is 9.78 Å². The molecule has 3 rings (SSSR count). The molecule has 1 aromatic heterocycles. The van der Waals surface area contributed by atoms with Gasteiger partial charge >= 0.3 is 0 Å². The molecule has 0 atom stereocenters. The summed E-state index contributed by atoms with van der Waals surface area (Å²) in [6.07, 6.45) is 10.6. The van der Waals surface area contributed by atoms with E-state index in [-0.39, 0.29) is 5.91 Å². The maximum absolute atomic E-state index is 12.2. The number of allylic oxidation sites excluding steroid dienone is 2. The van der Waals surface area contributed by atoms with Crippen LogP contribution in [0.3, 0.4) is 0 Å². The highest BCUT2D eigenvalue weighted by atomic mass is 16.5. The van der Waals surface area contributed by atoms with Crippen LogP contribution in [0.1, 0.15) is 23.1 Å². The van der Waals surface area contributed by atoms with Crippen molar-refractivity contribution in [3.63, 3.8) is 0 Å². The SMILES string of the molecule is COc1ccc(C(=CC=CC(=O)NCCCc2ccncc2)c2ccc(OC)cc2)cc1. The molecular weight excluding hydrogens is 400 g/mol. The van der Waals surface area contributed by atoms with Gasteiger partial charge in [0.1, 0.15) is 11.5 Å². The number of aryl methyl sites for hydroxylation is 1. The number of aromatic nitrogens is 1. The van der Waals surface area contributed by atoms with Crippen LogP contribution in [0.15, 0.2) is 91.3 Å². The molecule has 1 heterocycles. The van der Waals surface area contributed by atoms with E-state index in [1.165, 1.54) is 5.56 Å². The Morgan fingerprint density at radius 2 is 1.44 bits per heavy atom. The van der Waals surface area contributed by atoms with Crippen molar-refractivity contribution in [1.82, 2.24) is 10.3 Å². The second-order valence-corrected chi connectivity index (χ2v) is 7.15. The third-order valence-corrected chi connectivity index (χ3v) is 5.00. The van der Waals surface area contributed by atoms with Crippen molar-refractivity contribution >= 4 is 11.5 Å². The molecule has 0 fully saturated rings. The molecule has 164 valence electrons. The van der Waals surface area contributed by atoms with Gasteiger partial charge < -0.3 is 14.8 Å². The van der Waals surface area contributed by atoms with E-state index in [4.69, 9.17) is 9.47 Å². The Hall–Kier alpha value is -3.86. The first-order valence-corrected chi connectivity index (χ1v) is 10.5. The Labute approximate surface area is 189 Å². The normalized spacial score (nSPS) is 10.6. The van der Waals surface area contributed by atoms with Gasteiger partial charge in [-0.2, -0.15) is 0 Å². The molecule has 3 aromatic rings. The Bertz CT molecular complexity index is 991. The molecule has 2 aromatic carbocycles. The summed E-state index contributed by atoms with van der Waals surface area (Å²) in [6, 6.07) is 19.7. The van der Waals surface area contributed by atoms with E-state index in [0.717, 1.165) is 41.0 Å². The fraction of sp³-hybridized carbons (Fsp3) is 0.185. The monoisotopic (exact) mass is 428 g/mol. The zero-order chi connectivity index (χ0) is 22.6. The smallest absolute Gasteiger partial charge is 0.243 e. The summed E-state index contributed by atoms with van der Waals surface area (Å²) in [7, 11) is 3.29. The van der Waals surface area contributed by atoms with Gasteiger partial charge in [-0.05, 0) is 71.5 Å². The van der Waals surface area contributed by atoms with Crippen molar-refractivity contribution in [3.05, 3.63) is 108 Å². The fourth-order valence-corrected chi connectivity index (χ4v) is 3.24. The molecular formula is C27H28N2O3. The average Bonchev–Trinajstić information content (AvgIpc) is 2.85. The van der Waals surface area contributed by atoms with Gasteiger partial charge in [0.2, 0.25) is 5.91 Å². The maximum Gasteiger partial charge on any atom is 0.243 e. The molecule has 32 heavy (non-hydrogen) atoms. The number of methoxy groups -OCH3 is 2. The lowest BCUT2D eigenvalue weighted by molar-refractivity contribution is -0.116. The molecule has 0 aliphatic rings. The van der Waals surface area contributed by atoms with E-state index in [0.29, 0.717) is 6.54 Å². The predicted octanol–water partition coefficient (Wildman–Crippen LogP) is 4.84. The number of carbonyl (C=O) groups excluding carboxylic acids is 1. The molecule has 1 N–H and O–H groups in total. The van der Waals surface area contributed by atoms with E-state index in [2.05, 4.69) is 10.3 Å². The largest absolute Gasteiger partial charge is 0.497 e. The summed E-state index contributed by atoms with van der Waals surface area (Å²) < 4.78 is 10.5. The molecule has 0 saturated heterocycles. The first-order chi connectivity index (χ1) is 15.7. The highest BCUT2D eigenvalue weighted by Gasteiger charge is 2.06. The van der Waals surface area contributed by atoms with Crippen molar-refractivity contribution in [2.45, 2.75) is 12.8 Å². The standard InChI is InChI=1S/C27H28N2O3/c1-31-24-12-8-22(9-13-24)26(23-10-14-25(32-2)15-11-23)6-3-7-27(30)29-18-4-5-21-16-19-28-20-17-21/h3,6-17,19-20H,4-5,18H2,1-2H3,(H,29,30). The fourth-order valence-electron chi connectivity index (χ4n) is 3.24. The average molecular weight is 429 g/mol. The third kappa shape index (κ3) is 6.84. The van der Waals surface area contributed by atoms with Crippen molar-refractivity contribution in [2.24, 2.45) is 0 Å². The molecule has 0 saturated carbocycles. The van der Waals surface area contributed by atoms with Crippen LogP contribution < -0.4 is 14.8 Å². The summed E-state index contributed by atoms with van der Waals surface area (Å²) in [5.41, 5.74) is 4.27. The number of hydrogen-bond acceptors (Lipinski definition) is 4. The second-order valence-electron chi connectivity index (χ2n) is 7.15. The summed E-state index contributed by atoms with van der Waals surface area (Å²) in [5.74, 6) is 1.48. The van der Waals surface area contributed by atoms with Gasteiger partial charge in [-0.1, -0.05) is 36.4 Å². The van der Waals surface area contributed by atoms with Crippen LogP contribution in [0.25, 0.3) is 5.57 Å². The van der Waals surface area contributed by atoms with E-state index in [1.54, 1.807) is 38.8 Å². The van der Waals surface area contributed by atoms with E-state index in [1.807, 2.05) is 66.7 Å². The van der Waals surface area contributed by atoms with Gasteiger partial charge in [-0.25, -0.2) is 0 Å². The lowest BCUT2D eigenvalue weighted by atomic mass is 9.97. The third-order valence-electron chi connectivity index (χ3n) is 5.00. The Balaban J connectivity index is 1.65. The highest BCUT2D eigenvalue weighted by molar-refractivity contribution is 5.89. The predicted molar refractivity (Wildman–Crippen MR) is 128 cm³/mol. The topological polar surface area (TPSA) is 60.5 Å². The molecule has 0 aliphatic heterocycles. The van der Waals surface area contributed by atoms with Crippen LogP contribution in [-0.2, 0) is 11.2 Å². The van der Waals surface area contributed by atoms with Crippen LogP contribution >= 0.6 is 0 Å². The van der Waals surface area contributed by atoms with Crippen LogP contribution in [0.4, 0.5) is 0 Å². The first-order valence-electron chi connectivity index (χ1n) is 10.5. The zero-order valence-electron chi connectivity index (χ0n) is 18.5. The molecule has 5 heteroatoms. The van der Waals surface area contributed by atoms with Crippen LogP contribution in [0, 0.1) is 0 Å². The van der Waals surface area contributed by atoms with Crippen LogP contribution in [0.2, 0.25) is 0 Å². The number of nitrogens with zero attached hydrogens (tertiary/aromatic N) is 1. The van der Waals surface area contributed by atoms with E-state index in [9.17, 15) is 4.79 Å². The Morgan fingerprint density at radius 3 is 1.97 bits per heavy atom. The summed E-state index contributed by atoms with van der Waals surface area (Å²) in [5, 5.41) is 2.93. The first kappa shape index (κ1) is 22.8. The molecule has 5 nitrogen and oxygen atoms in total. The van der Waals surface area contributed by atoms with E-state index >= 15 is 0 Å². The maximum atomic E-state index is 12.2. The summed E-state index contributed by atoms with van der Waals surface area (Å²) in [6.45, 7) is 0.624. The van der Waals surface area contributed by atoms with E-state index < -0.39 is 0 Å². The van der Waals surface area contributed by atoms with Crippen molar-refractivity contribution < 1.29 is 14.3 Å². The summed E-state index contributed by atoms with van der Waals surface area (Å²) >= 11 is 0. The molecule has 0 bridgehead atoms. The number of ether oxygens (including phenoxy) is 2. The van der Waals surface area contributed by atoms with Crippen molar-refractivity contribution in [2.75, 3.05) is 20.8 Å². The minimum absolute atomic E-state index is 0.111. The highest BCUT2D eigenvalue weighted by Crippen LogP contribution is 2.27. The van der Waals surface area contributed by atoms with Crippen LogP contribution in [-0.4, -0.2) is 31.7 Å². The molecule has 0 aliphatic carbocycles. The zero-order valence-corrected chi connectivity index (χ0v) is 18.5. The van der Waals surface area contributed by atoms with Gasteiger partial charge in [0.05, 0.1) is 14.2 Å². The second kappa shape index (κ2) is 12.1. The number of hydrogen-bond donors (Lipinski definition) is 1. The lowest BCUT2D eigenvalue weighted by Gasteiger charge is -2.10. The van der Waals surface area contributed by atoms with Crippen molar-refractivity contribution in [3.8, 4) is 11.5 Å². The van der Waals surface area contributed by atoms with Gasteiger partial charge in [-0.15, -0.1) is 0 Å². The number of pyridine rings is 1. The van der Waals surface area contributed by atoms with Crippen LogP contribution in [0.5, 0.6) is 11.5 Å². The number of benzene rings is 2. The molecule has 0 spiro atoms. The molecule has 0 radical (unpaired) electrons. The number of carbonyl (C=O) groups is 1. The van der Waals surface area contributed by atoms with Crippen molar-refractivity contribution in [1.29, 1.82) is 0 Å². The summed E-state index contributed by atoms with van der Waals surface area (Å²) in [4.78, 5) is 16.2. The number of amides is 1.